The zero-order valence-electron chi connectivity index (χ0n) is 15.9. The zero-order chi connectivity index (χ0) is 22.6. The highest BCUT2D eigenvalue weighted by Gasteiger charge is 2.31. The summed E-state index contributed by atoms with van der Waals surface area (Å²) in [5.41, 5.74) is 1.09. The van der Waals surface area contributed by atoms with Crippen molar-refractivity contribution in [3.8, 4) is 5.75 Å². The maximum Gasteiger partial charge on any atom is 0.573 e. The van der Waals surface area contributed by atoms with Crippen LogP contribution in [0.5, 0.6) is 5.75 Å². The van der Waals surface area contributed by atoms with Crippen molar-refractivity contribution in [3.63, 3.8) is 0 Å². The van der Waals surface area contributed by atoms with Gasteiger partial charge in [0.05, 0.1) is 13.0 Å². The van der Waals surface area contributed by atoms with Crippen molar-refractivity contribution in [2.75, 3.05) is 0 Å². The van der Waals surface area contributed by atoms with Crippen molar-refractivity contribution in [2.24, 2.45) is 0 Å². The fourth-order valence-electron chi connectivity index (χ4n) is 2.87. The van der Waals surface area contributed by atoms with Crippen LogP contribution in [0, 0.1) is 5.41 Å². The molecule has 0 spiro atoms. The van der Waals surface area contributed by atoms with Gasteiger partial charge in [-0.05, 0) is 53.6 Å². The second-order valence-electron chi connectivity index (χ2n) is 6.66. The van der Waals surface area contributed by atoms with E-state index in [1.165, 1.54) is 35.0 Å². The van der Waals surface area contributed by atoms with Crippen LogP contribution in [0.2, 0.25) is 0 Å². The number of rotatable bonds is 7. The Morgan fingerprint density at radius 3 is 2.35 bits per heavy atom. The van der Waals surface area contributed by atoms with Crippen molar-refractivity contribution in [3.05, 3.63) is 98.4 Å². The standard InChI is InChI=1S/C22H16BrF3N2O3/c23-17-3-1-2-14(10-17)12-28-13-16(6-9-21(28)30)20(29)11-19(27)15-4-7-18(8-5-15)31-22(24,25)26/h1-10,13,27H,11-12H2. The molecule has 0 atom stereocenters. The van der Waals surface area contributed by atoms with E-state index in [2.05, 4.69) is 20.7 Å². The second-order valence-corrected chi connectivity index (χ2v) is 7.58. The van der Waals surface area contributed by atoms with E-state index in [9.17, 15) is 22.8 Å². The predicted molar refractivity (Wildman–Crippen MR) is 113 cm³/mol. The molecule has 0 amide bonds. The molecule has 0 aliphatic rings. The van der Waals surface area contributed by atoms with Crippen LogP contribution in [-0.4, -0.2) is 22.4 Å². The molecule has 0 unspecified atom stereocenters. The molecule has 1 aromatic heterocycles. The van der Waals surface area contributed by atoms with Gasteiger partial charge in [-0.2, -0.15) is 0 Å². The molecule has 3 rings (SSSR count). The summed E-state index contributed by atoms with van der Waals surface area (Å²) in [6.07, 6.45) is -3.63. The first-order valence-electron chi connectivity index (χ1n) is 9.02. The summed E-state index contributed by atoms with van der Waals surface area (Å²) in [5.74, 6) is -0.793. The molecule has 0 aliphatic heterocycles. The lowest BCUT2D eigenvalue weighted by molar-refractivity contribution is -0.274. The van der Waals surface area contributed by atoms with Gasteiger partial charge in [0.2, 0.25) is 0 Å². The van der Waals surface area contributed by atoms with Crippen LogP contribution in [0.25, 0.3) is 0 Å². The number of ether oxygens (including phenoxy) is 1. The van der Waals surface area contributed by atoms with Crippen LogP contribution in [0.3, 0.4) is 0 Å². The minimum Gasteiger partial charge on any atom is -0.406 e. The minimum atomic E-state index is -4.80. The quantitative estimate of drug-likeness (QED) is 0.364. The van der Waals surface area contributed by atoms with Crippen molar-refractivity contribution in [1.82, 2.24) is 4.57 Å². The summed E-state index contributed by atoms with van der Waals surface area (Å²) < 4.78 is 42.8. The van der Waals surface area contributed by atoms with Gasteiger partial charge in [0, 0.05) is 28.0 Å². The van der Waals surface area contributed by atoms with E-state index >= 15 is 0 Å². The van der Waals surface area contributed by atoms with Gasteiger partial charge >= 0.3 is 6.36 Å². The van der Waals surface area contributed by atoms with Crippen molar-refractivity contribution in [1.29, 1.82) is 5.41 Å². The summed E-state index contributed by atoms with van der Waals surface area (Å²) in [6, 6.07) is 14.8. The lowest BCUT2D eigenvalue weighted by atomic mass is 10.0. The predicted octanol–water partition coefficient (Wildman–Crippen LogP) is 5.20. The molecule has 1 heterocycles. The highest BCUT2D eigenvalue weighted by Crippen LogP contribution is 2.23. The zero-order valence-corrected chi connectivity index (χ0v) is 17.5. The van der Waals surface area contributed by atoms with Gasteiger partial charge in [0.15, 0.2) is 5.78 Å². The normalized spacial score (nSPS) is 11.2. The molecule has 5 nitrogen and oxygen atoms in total. The SMILES string of the molecule is N=C(CC(=O)c1ccc(=O)n(Cc2cccc(Br)c2)c1)c1ccc(OC(F)(F)F)cc1. The van der Waals surface area contributed by atoms with E-state index in [-0.39, 0.29) is 35.6 Å². The number of carbonyl (C=O) groups is 1. The highest BCUT2D eigenvalue weighted by molar-refractivity contribution is 9.10. The molecule has 160 valence electrons. The number of pyridine rings is 1. The first-order valence-corrected chi connectivity index (χ1v) is 9.82. The Bertz CT molecular complexity index is 1170. The molecule has 2 aromatic carbocycles. The molecule has 0 fully saturated rings. The Kier molecular flexibility index (Phi) is 6.74. The van der Waals surface area contributed by atoms with Gasteiger partial charge in [0.1, 0.15) is 5.75 Å². The highest BCUT2D eigenvalue weighted by atomic mass is 79.9. The van der Waals surface area contributed by atoms with Gasteiger partial charge in [-0.1, -0.05) is 28.1 Å². The van der Waals surface area contributed by atoms with Gasteiger partial charge in [-0.3, -0.25) is 9.59 Å². The molecule has 3 aromatic rings. The number of carbonyl (C=O) groups excluding carboxylic acids is 1. The third-order valence-electron chi connectivity index (χ3n) is 4.32. The van der Waals surface area contributed by atoms with Gasteiger partial charge < -0.3 is 14.7 Å². The number of ketones is 1. The van der Waals surface area contributed by atoms with Crippen molar-refractivity contribution >= 4 is 27.4 Å². The van der Waals surface area contributed by atoms with Gasteiger partial charge in [-0.25, -0.2) is 0 Å². The van der Waals surface area contributed by atoms with E-state index in [4.69, 9.17) is 5.41 Å². The third-order valence-corrected chi connectivity index (χ3v) is 4.81. The Balaban J connectivity index is 1.71. The summed E-state index contributed by atoms with van der Waals surface area (Å²) in [6.45, 7) is 0.275. The van der Waals surface area contributed by atoms with Crippen LogP contribution < -0.4 is 10.3 Å². The third kappa shape index (κ3) is 6.39. The smallest absolute Gasteiger partial charge is 0.406 e. The number of nitrogens with zero attached hydrogens (tertiary/aromatic N) is 1. The number of hydrogen-bond donors (Lipinski definition) is 1. The molecular formula is C22H16BrF3N2O3. The maximum absolute atomic E-state index is 12.6. The Labute approximate surface area is 183 Å². The molecule has 0 bridgehead atoms. The summed E-state index contributed by atoms with van der Waals surface area (Å²) in [5, 5.41) is 8.10. The average Bonchev–Trinajstić information content (AvgIpc) is 2.69. The number of benzene rings is 2. The molecule has 0 aliphatic carbocycles. The van der Waals surface area contributed by atoms with Gasteiger partial charge in [0.25, 0.3) is 5.56 Å². The lowest BCUT2D eigenvalue weighted by Crippen LogP contribution is -2.21. The monoisotopic (exact) mass is 492 g/mol. The van der Waals surface area contributed by atoms with Crippen molar-refractivity contribution < 1.29 is 22.7 Å². The topological polar surface area (TPSA) is 72.2 Å². The number of aromatic nitrogens is 1. The van der Waals surface area contributed by atoms with Gasteiger partial charge in [-0.15, -0.1) is 13.2 Å². The molecular weight excluding hydrogens is 477 g/mol. The molecule has 31 heavy (non-hydrogen) atoms. The van der Waals surface area contributed by atoms with E-state index in [1.807, 2.05) is 24.3 Å². The Morgan fingerprint density at radius 1 is 1.03 bits per heavy atom. The molecule has 1 N–H and O–H groups in total. The maximum atomic E-state index is 12.6. The minimum absolute atomic E-state index is 0.0618. The number of halogens is 4. The number of hydrogen-bond acceptors (Lipinski definition) is 4. The Morgan fingerprint density at radius 2 is 1.71 bits per heavy atom. The van der Waals surface area contributed by atoms with E-state index in [1.54, 1.807) is 0 Å². The van der Waals surface area contributed by atoms with Crippen LogP contribution in [0.15, 0.2) is 76.1 Å². The van der Waals surface area contributed by atoms with Crippen LogP contribution in [0.4, 0.5) is 13.2 Å². The number of nitrogens with one attached hydrogen (secondary N) is 1. The first-order chi connectivity index (χ1) is 14.6. The van der Waals surface area contributed by atoms with Crippen molar-refractivity contribution in [2.45, 2.75) is 19.3 Å². The average molecular weight is 493 g/mol. The van der Waals surface area contributed by atoms with Crippen LogP contribution >= 0.6 is 15.9 Å². The molecule has 0 saturated heterocycles. The number of alkyl halides is 3. The second kappa shape index (κ2) is 9.30. The molecule has 0 radical (unpaired) electrons. The molecule has 0 saturated carbocycles. The van der Waals surface area contributed by atoms with Crippen LogP contribution in [0.1, 0.15) is 27.9 Å². The van der Waals surface area contributed by atoms with E-state index in [0.29, 0.717) is 5.56 Å². The molecule has 9 heteroatoms. The largest absolute Gasteiger partial charge is 0.573 e. The van der Waals surface area contributed by atoms with Crippen LogP contribution in [-0.2, 0) is 6.54 Å². The fraction of sp³-hybridized carbons (Fsp3) is 0.136. The summed E-state index contributed by atoms with van der Waals surface area (Å²) >= 11 is 3.37. The fourth-order valence-corrected chi connectivity index (χ4v) is 3.32. The lowest BCUT2D eigenvalue weighted by Gasteiger charge is -2.10. The Hall–Kier alpha value is -3.20. The number of Topliss-reactive ketones (excluding diaryl/α,β-unsaturated/α-hetero) is 1. The summed E-state index contributed by atoms with van der Waals surface area (Å²) in [7, 11) is 0. The first kappa shape index (κ1) is 22.5. The summed E-state index contributed by atoms with van der Waals surface area (Å²) in [4.78, 5) is 24.8. The van der Waals surface area contributed by atoms with E-state index < -0.39 is 12.1 Å². The van der Waals surface area contributed by atoms with E-state index in [0.717, 1.165) is 22.2 Å².